The molecule has 0 fully saturated rings. The minimum atomic E-state index is -0.742. The number of para-hydroxylation sites is 1. The van der Waals surface area contributed by atoms with Crippen LogP contribution in [0.15, 0.2) is 72.8 Å². The molecule has 1 aromatic heterocycles. The Morgan fingerprint density at radius 3 is 2.33 bits per heavy atom. The highest BCUT2D eigenvalue weighted by molar-refractivity contribution is 6.05. The first-order chi connectivity index (χ1) is 17.4. The summed E-state index contributed by atoms with van der Waals surface area (Å²) in [5.41, 5.74) is 1.72. The molecule has 182 valence electrons. The van der Waals surface area contributed by atoms with E-state index in [1.54, 1.807) is 49.6 Å². The molecule has 10 nitrogen and oxygen atoms in total. The number of esters is 1. The van der Waals surface area contributed by atoms with Crippen LogP contribution in [0.4, 0.5) is 11.4 Å². The van der Waals surface area contributed by atoms with E-state index < -0.39 is 23.4 Å². The van der Waals surface area contributed by atoms with Crippen molar-refractivity contribution in [2.45, 2.75) is 0 Å². The SMILES string of the molecule is COc1ccc(-c2cc(C(=O)OCC(=O)Nc3cc(OC)ccc3[N+](=O)[O-])c3ccccc3n2)cc1. The maximum Gasteiger partial charge on any atom is 0.339 e. The molecule has 1 heterocycles. The van der Waals surface area contributed by atoms with Crippen LogP contribution in [0.25, 0.3) is 22.2 Å². The average molecular weight is 487 g/mol. The Balaban J connectivity index is 1.56. The summed E-state index contributed by atoms with van der Waals surface area (Å²) < 4.78 is 15.5. The van der Waals surface area contributed by atoms with Crippen molar-refractivity contribution in [2.24, 2.45) is 0 Å². The number of rotatable bonds is 8. The molecule has 0 saturated carbocycles. The number of hydrogen-bond acceptors (Lipinski definition) is 8. The van der Waals surface area contributed by atoms with Gasteiger partial charge in [0.15, 0.2) is 6.61 Å². The predicted octanol–water partition coefficient (Wildman–Crippen LogP) is 4.62. The van der Waals surface area contributed by atoms with Crippen molar-refractivity contribution in [1.82, 2.24) is 4.98 Å². The first kappa shape index (κ1) is 24.1. The number of nitro groups is 1. The smallest absolute Gasteiger partial charge is 0.339 e. The number of nitrogens with zero attached hydrogens (tertiary/aromatic N) is 2. The Morgan fingerprint density at radius 1 is 0.944 bits per heavy atom. The van der Waals surface area contributed by atoms with Crippen molar-refractivity contribution in [3.05, 3.63) is 88.5 Å². The molecule has 36 heavy (non-hydrogen) atoms. The number of amides is 1. The third-order valence-corrected chi connectivity index (χ3v) is 5.33. The van der Waals surface area contributed by atoms with Gasteiger partial charge in [-0.2, -0.15) is 0 Å². The molecule has 0 aliphatic carbocycles. The number of fused-ring (bicyclic) bond motifs is 1. The second-order valence-electron chi connectivity index (χ2n) is 7.57. The molecule has 4 rings (SSSR count). The molecule has 0 bridgehead atoms. The van der Waals surface area contributed by atoms with E-state index in [0.717, 1.165) is 5.56 Å². The number of anilines is 1. The van der Waals surface area contributed by atoms with Crippen LogP contribution < -0.4 is 14.8 Å². The lowest BCUT2D eigenvalue weighted by atomic mass is 10.0. The molecular weight excluding hydrogens is 466 g/mol. The van der Waals surface area contributed by atoms with Crippen molar-refractivity contribution >= 4 is 34.2 Å². The Bertz CT molecular complexity index is 1450. The molecule has 0 saturated heterocycles. The highest BCUT2D eigenvalue weighted by atomic mass is 16.6. The molecule has 0 aliphatic rings. The lowest BCUT2D eigenvalue weighted by Crippen LogP contribution is -2.21. The number of ether oxygens (including phenoxy) is 3. The van der Waals surface area contributed by atoms with Crippen molar-refractivity contribution in [3.63, 3.8) is 0 Å². The average Bonchev–Trinajstić information content (AvgIpc) is 2.90. The van der Waals surface area contributed by atoms with Gasteiger partial charge in [-0.05, 0) is 42.5 Å². The van der Waals surface area contributed by atoms with Gasteiger partial charge in [-0.15, -0.1) is 0 Å². The minimum absolute atomic E-state index is 0.0726. The summed E-state index contributed by atoms with van der Waals surface area (Å²) in [4.78, 5) is 40.7. The lowest BCUT2D eigenvalue weighted by molar-refractivity contribution is -0.383. The number of nitrogens with one attached hydrogen (secondary N) is 1. The normalized spacial score (nSPS) is 10.5. The zero-order valence-electron chi connectivity index (χ0n) is 19.4. The summed E-state index contributed by atoms with van der Waals surface area (Å²) in [6.07, 6.45) is 0. The van der Waals surface area contributed by atoms with Gasteiger partial charge in [0.1, 0.15) is 17.2 Å². The Labute approximate surface area is 205 Å². The number of carbonyl (C=O) groups is 2. The van der Waals surface area contributed by atoms with Crippen LogP contribution in [0.2, 0.25) is 0 Å². The van der Waals surface area contributed by atoms with E-state index in [1.807, 2.05) is 12.1 Å². The molecule has 4 aromatic rings. The third-order valence-electron chi connectivity index (χ3n) is 5.33. The van der Waals surface area contributed by atoms with Crippen molar-refractivity contribution in [2.75, 3.05) is 26.1 Å². The molecule has 1 amide bonds. The zero-order valence-corrected chi connectivity index (χ0v) is 19.4. The highest BCUT2D eigenvalue weighted by Crippen LogP contribution is 2.29. The van der Waals surface area contributed by atoms with Gasteiger partial charge in [0.05, 0.1) is 35.9 Å². The van der Waals surface area contributed by atoms with Gasteiger partial charge < -0.3 is 19.5 Å². The number of benzene rings is 3. The van der Waals surface area contributed by atoms with Crippen LogP contribution in [0.3, 0.4) is 0 Å². The van der Waals surface area contributed by atoms with Crippen molar-refractivity contribution in [3.8, 4) is 22.8 Å². The summed E-state index contributed by atoms with van der Waals surface area (Å²) in [6, 6.07) is 19.8. The predicted molar refractivity (Wildman–Crippen MR) is 132 cm³/mol. The van der Waals surface area contributed by atoms with Gasteiger partial charge in [0, 0.05) is 23.1 Å². The number of aromatic nitrogens is 1. The van der Waals surface area contributed by atoms with E-state index in [0.29, 0.717) is 28.1 Å². The third kappa shape index (κ3) is 5.22. The molecule has 0 unspecified atom stereocenters. The number of hydrogen-bond donors (Lipinski definition) is 1. The van der Waals surface area contributed by atoms with Gasteiger partial charge in [-0.25, -0.2) is 9.78 Å². The number of pyridine rings is 1. The van der Waals surface area contributed by atoms with E-state index in [2.05, 4.69) is 10.3 Å². The van der Waals surface area contributed by atoms with Gasteiger partial charge in [-0.3, -0.25) is 14.9 Å². The van der Waals surface area contributed by atoms with Crippen LogP contribution in [0, 0.1) is 10.1 Å². The monoisotopic (exact) mass is 487 g/mol. The molecule has 0 radical (unpaired) electrons. The van der Waals surface area contributed by atoms with E-state index in [-0.39, 0.29) is 16.9 Å². The van der Waals surface area contributed by atoms with Gasteiger partial charge in [-0.1, -0.05) is 18.2 Å². The van der Waals surface area contributed by atoms with Gasteiger partial charge in [0.25, 0.3) is 11.6 Å². The molecule has 0 aliphatic heterocycles. The summed E-state index contributed by atoms with van der Waals surface area (Å²) in [5, 5.41) is 14.2. The summed E-state index contributed by atoms with van der Waals surface area (Å²) >= 11 is 0. The quantitative estimate of drug-likeness (QED) is 0.216. The molecule has 3 aromatic carbocycles. The Hall–Kier alpha value is -4.99. The van der Waals surface area contributed by atoms with Crippen molar-refractivity contribution < 1.29 is 28.7 Å². The van der Waals surface area contributed by atoms with Crippen LogP contribution >= 0.6 is 0 Å². The first-order valence-corrected chi connectivity index (χ1v) is 10.7. The maximum absolute atomic E-state index is 13.0. The Morgan fingerprint density at radius 2 is 1.64 bits per heavy atom. The fourth-order valence-corrected chi connectivity index (χ4v) is 3.55. The van der Waals surface area contributed by atoms with Crippen LogP contribution in [0.5, 0.6) is 11.5 Å². The van der Waals surface area contributed by atoms with Crippen LogP contribution in [-0.2, 0) is 9.53 Å². The Kier molecular flexibility index (Phi) is 7.05. The summed E-state index contributed by atoms with van der Waals surface area (Å²) in [7, 11) is 2.97. The summed E-state index contributed by atoms with van der Waals surface area (Å²) in [5.74, 6) is -0.476. The van der Waals surface area contributed by atoms with Crippen molar-refractivity contribution in [1.29, 1.82) is 0 Å². The van der Waals surface area contributed by atoms with E-state index >= 15 is 0 Å². The van der Waals surface area contributed by atoms with Gasteiger partial charge in [0.2, 0.25) is 0 Å². The minimum Gasteiger partial charge on any atom is -0.497 e. The fraction of sp³-hybridized carbons (Fsp3) is 0.115. The fourth-order valence-electron chi connectivity index (χ4n) is 3.55. The summed E-state index contributed by atoms with van der Waals surface area (Å²) in [6.45, 7) is -0.651. The number of nitro benzene ring substituents is 1. The maximum atomic E-state index is 13.0. The standard InChI is InChI=1S/C26H21N3O7/c1-34-17-9-7-16(8-10-17)22-14-20(19-5-3-4-6-21(19)27-22)26(31)36-15-25(30)28-23-13-18(35-2)11-12-24(23)29(32)33/h3-14H,15H2,1-2H3,(H,28,30). The second-order valence-corrected chi connectivity index (χ2v) is 7.57. The molecule has 0 atom stereocenters. The van der Waals surface area contributed by atoms with E-state index in [1.165, 1.54) is 25.3 Å². The van der Waals surface area contributed by atoms with Gasteiger partial charge >= 0.3 is 5.97 Å². The topological polar surface area (TPSA) is 130 Å². The lowest BCUT2D eigenvalue weighted by Gasteiger charge is -2.11. The number of carbonyl (C=O) groups excluding carboxylic acids is 2. The molecule has 1 N–H and O–H groups in total. The largest absolute Gasteiger partial charge is 0.497 e. The zero-order chi connectivity index (χ0) is 25.7. The van der Waals surface area contributed by atoms with Crippen LogP contribution in [0.1, 0.15) is 10.4 Å². The molecule has 10 heteroatoms. The van der Waals surface area contributed by atoms with E-state index in [9.17, 15) is 19.7 Å². The molecule has 0 spiro atoms. The highest BCUT2D eigenvalue weighted by Gasteiger charge is 2.20. The van der Waals surface area contributed by atoms with E-state index in [4.69, 9.17) is 14.2 Å². The second kappa shape index (κ2) is 10.5. The van der Waals surface area contributed by atoms with Crippen LogP contribution in [-0.4, -0.2) is 42.6 Å². The molecular formula is C26H21N3O7. The first-order valence-electron chi connectivity index (χ1n) is 10.7. The number of methoxy groups -OCH3 is 2.